The number of benzene rings is 1. The second-order valence-electron chi connectivity index (χ2n) is 6.26. The van der Waals surface area contributed by atoms with Crippen LogP contribution in [0.25, 0.3) is 0 Å². The van der Waals surface area contributed by atoms with Gasteiger partial charge in [-0.3, -0.25) is 4.79 Å². The van der Waals surface area contributed by atoms with Crippen molar-refractivity contribution in [2.75, 3.05) is 13.2 Å². The van der Waals surface area contributed by atoms with Crippen molar-refractivity contribution >= 4 is 11.5 Å². The minimum Gasteiger partial charge on any atom is -0.510 e. The lowest BCUT2D eigenvalue weighted by Crippen LogP contribution is -2.25. The number of azo groups is 1. The first-order valence-electron chi connectivity index (χ1n) is 7.21. The van der Waals surface area contributed by atoms with Crippen LogP contribution < -0.4 is 9.47 Å². The fourth-order valence-electron chi connectivity index (χ4n) is 2.59. The summed E-state index contributed by atoms with van der Waals surface area (Å²) in [6, 6.07) is 5.18. The zero-order valence-electron chi connectivity index (χ0n) is 12.6. The van der Waals surface area contributed by atoms with Crippen molar-refractivity contribution in [1.29, 1.82) is 0 Å². The summed E-state index contributed by atoms with van der Waals surface area (Å²) in [5.74, 6) is 1.09. The van der Waals surface area contributed by atoms with E-state index in [9.17, 15) is 9.90 Å². The highest BCUT2D eigenvalue weighted by Gasteiger charge is 2.33. The molecule has 0 fully saturated rings. The SMILES string of the molecule is CC1(C)CC(=O)C(N=Nc2ccc3c(c2)OCCO3)=C(O)C1. The molecule has 0 atom stereocenters. The summed E-state index contributed by atoms with van der Waals surface area (Å²) in [6.45, 7) is 4.90. The molecule has 1 aromatic carbocycles. The maximum Gasteiger partial charge on any atom is 0.187 e. The van der Waals surface area contributed by atoms with E-state index in [-0.39, 0.29) is 22.7 Å². The lowest BCUT2D eigenvalue weighted by molar-refractivity contribution is -0.118. The second kappa shape index (κ2) is 5.44. The zero-order chi connectivity index (χ0) is 15.7. The van der Waals surface area contributed by atoms with Gasteiger partial charge in [0.25, 0.3) is 0 Å². The van der Waals surface area contributed by atoms with Crippen molar-refractivity contribution in [3.8, 4) is 11.5 Å². The molecule has 0 spiro atoms. The number of nitrogens with zero attached hydrogens (tertiary/aromatic N) is 2. The van der Waals surface area contributed by atoms with Crippen LogP contribution in [0.4, 0.5) is 5.69 Å². The van der Waals surface area contributed by atoms with Gasteiger partial charge in [0.15, 0.2) is 23.0 Å². The number of hydrogen-bond donors (Lipinski definition) is 1. The minimum atomic E-state index is -0.239. The van der Waals surface area contributed by atoms with Crippen LogP contribution in [-0.4, -0.2) is 24.1 Å². The fraction of sp³-hybridized carbons (Fsp3) is 0.438. The van der Waals surface area contributed by atoms with Crippen LogP contribution in [0.1, 0.15) is 26.7 Å². The summed E-state index contributed by atoms with van der Waals surface area (Å²) in [5.41, 5.74) is 0.355. The van der Waals surface area contributed by atoms with Gasteiger partial charge >= 0.3 is 0 Å². The number of carbonyl (C=O) groups excluding carboxylic acids is 1. The molecule has 22 heavy (non-hydrogen) atoms. The summed E-state index contributed by atoms with van der Waals surface area (Å²) in [4.78, 5) is 12.1. The van der Waals surface area contributed by atoms with Gasteiger partial charge in [-0.2, -0.15) is 5.11 Å². The maximum atomic E-state index is 12.1. The molecular formula is C16H18N2O4. The molecule has 0 amide bonds. The molecule has 6 nitrogen and oxygen atoms in total. The van der Waals surface area contributed by atoms with Gasteiger partial charge in [-0.1, -0.05) is 13.8 Å². The van der Waals surface area contributed by atoms with Crippen LogP contribution in [-0.2, 0) is 4.79 Å². The average molecular weight is 302 g/mol. The van der Waals surface area contributed by atoms with E-state index in [2.05, 4.69) is 10.2 Å². The molecule has 0 bridgehead atoms. The zero-order valence-corrected chi connectivity index (χ0v) is 12.6. The smallest absolute Gasteiger partial charge is 0.187 e. The van der Waals surface area contributed by atoms with Crippen LogP contribution >= 0.6 is 0 Å². The molecule has 0 radical (unpaired) electrons. The number of aliphatic hydroxyl groups excluding tert-OH is 1. The number of rotatable bonds is 2. The summed E-state index contributed by atoms with van der Waals surface area (Å²) >= 11 is 0. The molecule has 0 saturated heterocycles. The van der Waals surface area contributed by atoms with Crippen LogP contribution in [0.2, 0.25) is 0 Å². The number of ether oxygens (including phenoxy) is 2. The van der Waals surface area contributed by atoms with Crippen LogP contribution in [0.15, 0.2) is 39.9 Å². The van der Waals surface area contributed by atoms with E-state index in [1.54, 1.807) is 18.2 Å². The van der Waals surface area contributed by atoms with Gasteiger partial charge in [0, 0.05) is 18.9 Å². The highest BCUT2D eigenvalue weighted by Crippen LogP contribution is 2.37. The summed E-state index contributed by atoms with van der Waals surface area (Å²) in [7, 11) is 0. The molecule has 1 aromatic rings. The van der Waals surface area contributed by atoms with Gasteiger partial charge in [0.05, 0.1) is 5.69 Å². The third-order valence-electron chi connectivity index (χ3n) is 3.61. The number of carbonyl (C=O) groups is 1. The minimum absolute atomic E-state index is 0.00235. The largest absolute Gasteiger partial charge is 0.510 e. The highest BCUT2D eigenvalue weighted by molar-refractivity contribution is 5.96. The van der Waals surface area contributed by atoms with Gasteiger partial charge < -0.3 is 14.6 Å². The third kappa shape index (κ3) is 2.95. The number of ketones is 1. The molecule has 0 unspecified atom stereocenters. The lowest BCUT2D eigenvalue weighted by atomic mass is 9.78. The Morgan fingerprint density at radius 3 is 2.55 bits per heavy atom. The van der Waals surface area contributed by atoms with Crippen molar-refractivity contribution in [2.24, 2.45) is 15.6 Å². The van der Waals surface area contributed by atoms with E-state index in [1.165, 1.54) is 0 Å². The van der Waals surface area contributed by atoms with Crippen LogP contribution in [0.5, 0.6) is 11.5 Å². The van der Waals surface area contributed by atoms with E-state index in [0.717, 1.165) is 0 Å². The molecule has 3 rings (SSSR count). The summed E-state index contributed by atoms with van der Waals surface area (Å²) in [5, 5.41) is 18.0. The van der Waals surface area contributed by atoms with Gasteiger partial charge in [-0.25, -0.2) is 0 Å². The van der Waals surface area contributed by atoms with Crippen LogP contribution in [0, 0.1) is 5.41 Å². The van der Waals surface area contributed by atoms with Gasteiger partial charge in [0.1, 0.15) is 19.0 Å². The number of allylic oxidation sites excluding steroid dienone is 2. The van der Waals surface area contributed by atoms with E-state index in [0.29, 0.717) is 43.2 Å². The Morgan fingerprint density at radius 2 is 1.82 bits per heavy atom. The number of hydrogen-bond acceptors (Lipinski definition) is 6. The average Bonchev–Trinajstić information content (AvgIpc) is 2.45. The molecule has 1 N–H and O–H groups in total. The highest BCUT2D eigenvalue weighted by atomic mass is 16.6. The molecule has 2 aliphatic rings. The van der Waals surface area contributed by atoms with E-state index in [4.69, 9.17) is 9.47 Å². The first-order valence-corrected chi connectivity index (χ1v) is 7.21. The van der Waals surface area contributed by atoms with Crippen molar-refractivity contribution in [2.45, 2.75) is 26.7 Å². The molecule has 1 heterocycles. The predicted octanol–water partition coefficient (Wildman–Crippen LogP) is 3.70. The molecule has 116 valence electrons. The Morgan fingerprint density at radius 1 is 1.09 bits per heavy atom. The first-order chi connectivity index (χ1) is 10.4. The molecule has 0 saturated carbocycles. The Balaban J connectivity index is 1.83. The molecule has 1 aliphatic heterocycles. The number of Topliss-reactive ketones (excluding diaryl/α,β-unsaturated/α-hetero) is 1. The molecule has 1 aliphatic carbocycles. The third-order valence-corrected chi connectivity index (χ3v) is 3.61. The monoisotopic (exact) mass is 302 g/mol. The molecular weight excluding hydrogens is 284 g/mol. The maximum absolute atomic E-state index is 12.1. The standard InChI is InChI=1S/C16H18N2O4/c1-16(2)8-11(19)15(12(20)9-16)18-17-10-3-4-13-14(7-10)22-6-5-21-13/h3-4,7,19H,5-6,8-9H2,1-2H3. The van der Waals surface area contributed by atoms with Crippen molar-refractivity contribution in [3.05, 3.63) is 29.7 Å². The lowest BCUT2D eigenvalue weighted by Gasteiger charge is -2.27. The fourth-order valence-corrected chi connectivity index (χ4v) is 2.59. The Kier molecular flexibility index (Phi) is 3.60. The molecule has 6 heteroatoms. The van der Waals surface area contributed by atoms with Gasteiger partial charge in [0.2, 0.25) is 0 Å². The normalized spacial score (nSPS) is 20.5. The Bertz CT molecular complexity index is 677. The van der Waals surface area contributed by atoms with E-state index in [1.807, 2.05) is 13.8 Å². The summed E-state index contributed by atoms with van der Waals surface area (Å²) < 4.78 is 10.9. The number of aliphatic hydroxyl groups is 1. The Labute approximate surface area is 128 Å². The predicted molar refractivity (Wildman–Crippen MR) is 79.6 cm³/mol. The van der Waals surface area contributed by atoms with Crippen molar-refractivity contribution in [1.82, 2.24) is 0 Å². The summed E-state index contributed by atoms with van der Waals surface area (Å²) in [6.07, 6.45) is 0.779. The second-order valence-corrected chi connectivity index (χ2v) is 6.26. The van der Waals surface area contributed by atoms with Crippen molar-refractivity contribution in [3.63, 3.8) is 0 Å². The van der Waals surface area contributed by atoms with Crippen molar-refractivity contribution < 1.29 is 19.4 Å². The van der Waals surface area contributed by atoms with Gasteiger partial charge in [-0.05, 0) is 17.5 Å². The quantitative estimate of drug-likeness (QED) is 0.845. The first kappa shape index (κ1) is 14.6. The topological polar surface area (TPSA) is 80.5 Å². The van der Waals surface area contributed by atoms with Gasteiger partial charge in [-0.15, -0.1) is 5.11 Å². The molecule has 0 aromatic heterocycles. The number of fused-ring (bicyclic) bond motifs is 1. The Hall–Kier alpha value is -2.37. The van der Waals surface area contributed by atoms with Crippen LogP contribution in [0.3, 0.4) is 0 Å². The van der Waals surface area contributed by atoms with E-state index >= 15 is 0 Å². The van der Waals surface area contributed by atoms with E-state index < -0.39 is 0 Å².